The molecular weight excluding hydrogens is 160 g/mol. The summed E-state index contributed by atoms with van der Waals surface area (Å²) in [5.74, 6) is -2.78. The first-order chi connectivity index (χ1) is 5.70. The summed E-state index contributed by atoms with van der Waals surface area (Å²) in [4.78, 5) is 31.4. The van der Waals surface area contributed by atoms with Gasteiger partial charge in [0.05, 0.1) is 5.92 Å². The van der Waals surface area contributed by atoms with Crippen LogP contribution in [0.4, 0.5) is 0 Å². The molecule has 4 nitrogen and oxygen atoms in total. The molecule has 0 bridgehead atoms. The normalized spacial score (nSPS) is 34.5. The molecular formula is C8H10O4. The highest BCUT2D eigenvalue weighted by Crippen LogP contribution is 2.34. The van der Waals surface area contributed by atoms with E-state index in [0.29, 0.717) is 25.4 Å². The fourth-order valence-corrected chi connectivity index (χ4v) is 1.73. The number of aldehydes is 2. The van der Waals surface area contributed by atoms with E-state index in [1.807, 2.05) is 0 Å². The Labute approximate surface area is 69.6 Å². The minimum atomic E-state index is -1.04. The fourth-order valence-electron chi connectivity index (χ4n) is 1.73. The van der Waals surface area contributed by atoms with Crippen LogP contribution in [0.1, 0.15) is 12.8 Å². The van der Waals surface area contributed by atoms with Crippen LogP contribution in [-0.2, 0) is 14.4 Å². The van der Waals surface area contributed by atoms with Crippen molar-refractivity contribution < 1.29 is 19.5 Å². The molecule has 12 heavy (non-hydrogen) atoms. The first-order valence-electron chi connectivity index (χ1n) is 3.84. The van der Waals surface area contributed by atoms with Crippen LogP contribution in [0, 0.1) is 17.8 Å². The Balaban J connectivity index is 2.78. The lowest BCUT2D eigenvalue weighted by atomic mass is 9.91. The Morgan fingerprint density at radius 3 is 1.83 bits per heavy atom. The lowest BCUT2D eigenvalue weighted by Gasteiger charge is -2.11. The maximum absolute atomic E-state index is 10.6. The molecule has 1 aliphatic carbocycles. The molecule has 2 unspecified atom stereocenters. The topological polar surface area (TPSA) is 71.4 Å². The molecule has 1 aliphatic rings. The van der Waals surface area contributed by atoms with Crippen molar-refractivity contribution in [1.29, 1.82) is 0 Å². The summed E-state index contributed by atoms with van der Waals surface area (Å²) in [5.41, 5.74) is 0. The molecule has 1 saturated carbocycles. The van der Waals surface area contributed by atoms with Crippen LogP contribution in [0.15, 0.2) is 0 Å². The Kier molecular flexibility index (Phi) is 2.58. The Morgan fingerprint density at radius 1 is 1.17 bits per heavy atom. The fraction of sp³-hybridized carbons (Fsp3) is 0.625. The molecule has 66 valence electrons. The van der Waals surface area contributed by atoms with E-state index in [1.165, 1.54) is 0 Å². The third kappa shape index (κ3) is 1.37. The second-order valence-electron chi connectivity index (χ2n) is 3.04. The SMILES string of the molecule is O=CC1CCC(C=O)C1C(=O)O. The molecule has 0 aromatic rings. The van der Waals surface area contributed by atoms with Crippen LogP contribution in [0.3, 0.4) is 0 Å². The second kappa shape index (κ2) is 3.47. The van der Waals surface area contributed by atoms with Crippen LogP contribution in [0.2, 0.25) is 0 Å². The quantitative estimate of drug-likeness (QED) is 0.610. The molecule has 0 spiro atoms. The Morgan fingerprint density at radius 2 is 1.58 bits per heavy atom. The van der Waals surface area contributed by atoms with Gasteiger partial charge in [0.2, 0.25) is 0 Å². The molecule has 0 heterocycles. The first-order valence-corrected chi connectivity index (χ1v) is 3.84. The number of rotatable bonds is 3. The number of carbonyl (C=O) groups excluding carboxylic acids is 2. The largest absolute Gasteiger partial charge is 0.481 e. The van der Waals surface area contributed by atoms with Gasteiger partial charge in [0.25, 0.3) is 0 Å². The zero-order chi connectivity index (χ0) is 9.14. The van der Waals surface area contributed by atoms with Gasteiger partial charge in [0.15, 0.2) is 0 Å². The lowest BCUT2D eigenvalue weighted by molar-refractivity contribution is -0.146. The van der Waals surface area contributed by atoms with Gasteiger partial charge >= 0.3 is 5.97 Å². The second-order valence-corrected chi connectivity index (χ2v) is 3.04. The van der Waals surface area contributed by atoms with Gasteiger partial charge < -0.3 is 14.7 Å². The number of hydrogen-bond acceptors (Lipinski definition) is 3. The predicted octanol–water partition coefficient (Wildman–Crippen LogP) is 0.111. The summed E-state index contributed by atoms with van der Waals surface area (Å²) in [5, 5.41) is 8.70. The van der Waals surface area contributed by atoms with E-state index < -0.39 is 23.7 Å². The molecule has 0 amide bonds. The van der Waals surface area contributed by atoms with Crippen molar-refractivity contribution in [3.05, 3.63) is 0 Å². The van der Waals surface area contributed by atoms with Gasteiger partial charge in [-0.3, -0.25) is 4.79 Å². The van der Waals surface area contributed by atoms with E-state index >= 15 is 0 Å². The van der Waals surface area contributed by atoms with E-state index in [1.54, 1.807) is 0 Å². The van der Waals surface area contributed by atoms with E-state index in [0.717, 1.165) is 0 Å². The van der Waals surface area contributed by atoms with Crippen molar-refractivity contribution >= 4 is 18.5 Å². The van der Waals surface area contributed by atoms with Gasteiger partial charge in [-0.25, -0.2) is 0 Å². The van der Waals surface area contributed by atoms with E-state index in [4.69, 9.17) is 5.11 Å². The van der Waals surface area contributed by atoms with Crippen LogP contribution in [0.5, 0.6) is 0 Å². The average molecular weight is 170 g/mol. The predicted molar refractivity (Wildman–Crippen MR) is 39.5 cm³/mol. The standard InChI is InChI=1S/C8H10O4/c9-3-5-1-2-6(4-10)7(5)8(11)12/h3-7H,1-2H2,(H,11,12). The number of hydrogen-bond donors (Lipinski definition) is 1. The summed E-state index contributed by atoms with van der Waals surface area (Å²) in [6.07, 6.45) is 2.32. The number of carbonyl (C=O) groups is 3. The molecule has 1 N–H and O–H groups in total. The maximum atomic E-state index is 10.6. The molecule has 1 fully saturated rings. The Hall–Kier alpha value is -1.19. The lowest BCUT2D eigenvalue weighted by Crippen LogP contribution is -2.25. The van der Waals surface area contributed by atoms with Gasteiger partial charge in [-0.15, -0.1) is 0 Å². The molecule has 0 radical (unpaired) electrons. The summed E-state index contributed by atoms with van der Waals surface area (Å²) >= 11 is 0. The summed E-state index contributed by atoms with van der Waals surface area (Å²) < 4.78 is 0. The minimum absolute atomic E-state index is 0.474. The smallest absolute Gasteiger partial charge is 0.307 e. The van der Waals surface area contributed by atoms with Crippen molar-refractivity contribution in [2.45, 2.75) is 12.8 Å². The van der Waals surface area contributed by atoms with Crippen molar-refractivity contribution in [2.24, 2.45) is 17.8 Å². The van der Waals surface area contributed by atoms with Gasteiger partial charge in [-0.1, -0.05) is 0 Å². The third-order valence-corrected chi connectivity index (χ3v) is 2.39. The number of aliphatic carboxylic acids is 1. The number of carboxylic acid groups (broad SMARTS) is 1. The highest BCUT2D eigenvalue weighted by Gasteiger charge is 2.40. The summed E-state index contributed by atoms with van der Waals surface area (Å²) in [6.45, 7) is 0. The van der Waals surface area contributed by atoms with Crippen molar-refractivity contribution in [2.75, 3.05) is 0 Å². The third-order valence-electron chi connectivity index (χ3n) is 2.39. The van der Waals surface area contributed by atoms with Gasteiger partial charge in [0.1, 0.15) is 12.6 Å². The highest BCUT2D eigenvalue weighted by molar-refractivity contribution is 5.80. The van der Waals surface area contributed by atoms with Crippen LogP contribution < -0.4 is 0 Å². The Bertz CT molecular complexity index is 195. The molecule has 0 aliphatic heterocycles. The molecule has 4 heteroatoms. The van der Waals surface area contributed by atoms with Crippen LogP contribution in [0.25, 0.3) is 0 Å². The highest BCUT2D eigenvalue weighted by atomic mass is 16.4. The van der Waals surface area contributed by atoms with Crippen molar-refractivity contribution in [3.8, 4) is 0 Å². The molecule has 0 aromatic carbocycles. The molecule has 1 rings (SSSR count). The van der Waals surface area contributed by atoms with Crippen LogP contribution >= 0.6 is 0 Å². The zero-order valence-electron chi connectivity index (χ0n) is 6.47. The van der Waals surface area contributed by atoms with E-state index in [9.17, 15) is 14.4 Å². The van der Waals surface area contributed by atoms with Gasteiger partial charge in [-0.2, -0.15) is 0 Å². The van der Waals surface area contributed by atoms with Gasteiger partial charge in [0, 0.05) is 11.8 Å². The van der Waals surface area contributed by atoms with E-state index in [2.05, 4.69) is 0 Å². The van der Waals surface area contributed by atoms with Crippen molar-refractivity contribution in [3.63, 3.8) is 0 Å². The first kappa shape index (κ1) is 8.90. The number of carboxylic acids is 1. The molecule has 2 atom stereocenters. The maximum Gasteiger partial charge on any atom is 0.307 e. The summed E-state index contributed by atoms with van der Waals surface area (Å²) in [7, 11) is 0. The monoisotopic (exact) mass is 170 g/mol. The average Bonchev–Trinajstić information content (AvgIpc) is 2.46. The van der Waals surface area contributed by atoms with Crippen molar-refractivity contribution in [1.82, 2.24) is 0 Å². The molecule has 0 aromatic heterocycles. The minimum Gasteiger partial charge on any atom is -0.481 e. The molecule has 0 saturated heterocycles. The van der Waals surface area contributed by atoms with E-state index in [-0.39, 0.29) is 0 Å². The van der Waals surface area contributed by atoms with Gasteiger partial charge in [-0.05, 0) is 12.8 Å². The van der Waals surface area contributed by atoms with Crippen LogP contribution in [-0.4, -0.2) is 23.6 Å². The zero-order valence-corrected chi connectivity index (χ0v) is 6.47. The summed E-state index contributed by atoms with van der Waals surface area (Å²) in [6, 6.07) is 0.